The van der Waals surface area contributed by atoms with E-state index in [0.717, 1.165) is 18.8 Å². The topological polar surface area (TPSA) is 24.1 Å². The number of halogens is 1. The van der Waals surface area contributed by atoms with Crippen LogP contribution in [-0.4, -0.2) is 20.1 Å². The number of benzene rings is 1. The van der Waals surface area contributed by atoms with Gasteiger partial charge in [-0.1, -0.05) is 13.8 Å². The van der Waals surface area contributed by atoms with Crippen LogP contribution in [0.4, 0.5) is 10.1 Å². The molecule has 0 bridgehead atoms. The maximum absolute atomic E-state index is 12.2. The molecule has 2 N–H and O–H groups in total. The van der Waals surface area contributed by atoms with Crippen LogP contribution in [0.5, 0.6) is 0 Å². The second-order valence-electron chi connectivity index (χ2n) is 2.71. The minimum absolute atomic E-state index is 0.200. The fourth-order valence-electron chi connectivity index (χ4n) is 0.867. The Balaban J connectivity index is 0.000000292. The van der Waals surface area contributed by atoms with Crippen LogP contribution in [0, 0.1) is 5.82 Å². The molecule has 0 heterocycles. The first-order chi connectivity index (χ1) is 6.74. The van der Waals surface area contributed by atoms with Crippen molar-refractivity contribution in [2.75, 3.05) is 25.5 Å². The third-order valence-electron chi connectivity index (χ3n) is 1.63. The van der Waals surface area contributed by atoms with E-state index in [1.165, 1.54) is 12.1 Å². The molecule has 1 aromatic rings. The molecule has 0 aliphatic carbocycles. The Morgan fingerprint density at radius 3 is 1.86 bits per heavy atom. The van der Waals surface area contributed by atoms with Gasteiger partial charge in [0.1, 0.15) is 5.82 Å². The summed E-state index contributed by atoms with van der Waals surface area (Å²) in [7, 11) is 1.80. The van der Waals surface area contributed by atoms with Gasteiger partial charge in [0.05, 0.1) is 0 Å². The van der Waals surface area contributed by atoms with Crippen molar-refractivity contribution in [3.05, 3.63) is 30.1 Å². The van der Waals surface area contributed by atoms with Crippen molar-refractivity contribution in [3.63, 3.8) is 0 Å². The molecule has 0 aliphatic rings. The molecule has 0 saturated carbocycles. The Bertz CT molecular complexity index is 219. The van der Waals surface area contributed by atoms with Crippen molar-refractivity contribution in [2.24, 2.45) is 0 Å². The van der Waals surface area contributed by atoms with Crippen molar-refractivity contribution in [1.82, 2.24) is 5.32 Å². The van der Waals surface area contributed by atoms with Crippen LogP contribution in [0.2, 0.25) is 0 Å². The second-order valence-corrected chi connectivity index (χ2v) is 2.71. The SMILES string of the molecule is CCNCC.CNc1ccc(F)cc1. The molecule has 1 rings (SSSR count). The first-order valence-corrected chi connectivity index (χ1v) is 4.88. The highest BCUT2D eigenvalue weighted by molar-refractivity contribution is 5.41. The largest absolute Gasteiger partial charge is 0.388 e. The lowest BCUT2D eigenvalue weighted by Crippen LogP contribution is -2.09. The Hall–Kier alpha value is -1.09. The van der Waals surface area contributed by atoms with Gasteiger partial charge in [0, 0.05) is 12.7 Å². The van der Waals surface area contributed by atoms with Crippen LogP contribution in [0.3, 0.4) is 0 Å². The fraction of sp³-hybridized carbons (Fsp3) is 0.455. The van der Waals surface area contributed by atoms with E-state index in [2.05, 4.69) is 24.5 Å². The molecule has 0 aliphatic heterocycles. The maximum atomic E-state index is 12.2. The lowest BCUT2D eigenvalue weighted by atomic mass is 10.3. The summed E-state index contributed by atoms with van der Waals surface area (Å²) in [5, 5.41) is 6.00. The van der Waals surface area contributed by atoms with Gasteiger partial charge in [-0.15, -0.1) is 0 Å². The molecule has 1 aromatic carbocycles. The number of hydrogen-bond acceptors (Lipinski definition) is 2. The molecule has 3 heteroatoms. The van der Waals surface area contributed by atoms with E-state index >= 15 is 0 Å². The Morgan fingerprint density at radius 1 is 1.07 bits per heavy atom. The Labute approximate surface area is 85.5 Å². The van der Waals surface area contributed by atoms with Crippen molar-refractivity contribution in [1.29, 1.82) is 0 Å². The smallest absolute Gasteiger partial charge is 0.123 e. The van der Waals surface area contributed by atoms with Crippen LogP contribution in [0.15, 0.2) is 24.3 Å². The Morgan fingerprint density at radius 2 is 1.57 bits per heavy atom. The molecule has 0 amide bonds. The average molecular weight is 198 g/mol. The molecule has 14 heavy (non-hydrogen) atoms. The summed E-state index contributed by atoms with van der Waals surface area (Å²) < 4.78 is 12.2. The summed E-state index contributed by atoms with van der Waals surface area (Å²) >= 11 is 0. The van der Waals surface area contributed by atoms with E-state index in [1.807, 2.05) is 0 Å². The first-order valence-electron chi connectivity index (χ1n) is 4.88. The minimum atomic E-state index is -0.200. The second kappa shape index (κ2) is 8.51. The molecular weight excluding hydrogens is 179 g/mol. The molecule has 0 atom stereocenters. The lowest BCUT2D eigenvalue weighted by Gasteiger charge is -1.95. The highest BCUT2D eigenvalue weighted by Crippen LogP contribution is 2.05. The number of nitrogens with one attached hydrogen (secondary N) is 2. The van der Waals surface area contributed by atoms with Gasteiger partial charge in [-0.2, -0.15) is 0 Å². The lowest BCUT2D eigenvalue weighted by molar-refractivity contribution is 0.628. The predicted molar refractivity (Wildman–Crippen MR) is 60.2 cm³/mol. The molecule has 0 aromatic heterocycles. The number of rotatable bonds is 3. The fourth-order valence-corrected chi connectivity index (χ4v) is 0.867. The summed E-state index contributed by atoms with van der Waals surface area (Å²) in [5.41, 5.74) is 0.927. The van der Waals surface area contributed by atoms with Gasteiger partial charge in [-0.05, 0) is 37.4 Å². The zero-order chi connectivity index (χ0) is 10.8. The van der Waals surface area contributed by atoms with Crippen molar-refractivity contribution < 1.29 is 4.39 Å². The summed E-state index contributed by atoms with van der Waals surface area (Å²) in [6.45, 7) is 6.39. The highest BCUT2D eigenvalue weighted by atomic mass is 19.1. The highest BCUT2D eigenvalue weighted by Gasteiger charge is 1.86. The molecule has 0 saturated heterocycles. The quantitative estimate of drug-likeness (QED) is 0.779. The summed E-state index contributed by atoms with van der Waals surface area (Å²) in [6, 6.07) is 6.22. The van der Waals surface area contributed by atoms with Gasteiger partial charge in [0.15, 0.2) is 0 Å². The van der Waals surface area contributed by atoms with E-state index < -0.39 is 0 Å². The maximum Gasteiger partial charge on any atom is 0.123 e. The molecule has 0 fully saturated rings. The van der Waals surface area contributed by atoms with Gasteiger partial charge in [0.25, 0.3) is 0 Å². The standard InChI is InChI=1S/C7H8FN.C4H11N/c1-9-7-4-2-6(8)3-5-7;1-3-5-4-2/h2-5,9H,1H3;5H,3-4H2,1-2H3. The van der Waals surface area contributed by atoms with E-state index in [4.69, 9.17) is 0 Å². The zero-order valence-electron chi connectivity index (χ0n) is 9.10. The molecule has 0 unspecified atom stereocenters. The average Bonchev–Trinajstić information content (AvgIpc) is 2.21. The van der Waals surface area contributed by atoms with Crippen LogP contribution in [0.1, 0.15) is 13.8 Å². The number of anilines is 1. The van der Waals surface area contributed by atoms with Crippen molar-refractivity contribution >= 4 is 5.69 Å². The first kappa shape index (κ1) is 12.9. The van der Waals surface area contributed by atoms with Crippen LogP contribution >= 0.6 is 0 Å². The summed E-state index contributed by atoms with van der Waals surface area (Å²) in [5.74, 6) is -0.200. The third-order valence-corrected chi connectivity index (χ3v) is 1.63. The summed E-state index contributed by atoms with van der Waals surface area (Å²) in [6.07, 6.45) is 0. The number of hydrogen-bond donors (Lipinski definition) is 2. The monoisotopic (exact) mass is 198 g/mol. The van der Waals surface area contributed by atoms with Crippen LogP contribution < -0.4 is 10.6 Å². The molecular formula is C11H19FN2. The van der Waals surface area contributed by atoms with Crippen molar-refractivity contribution in [3.8, 4) is 0 Å². The zero-order valence-corrected chi connectivity index (χ0v) is 9.10. The van der Waals surface area contributed by atoms with E-state index in [0.29, 0.717) is 0 Å². The van der Waals surface area contributed by atoms with E-state index in [1.54, 1.807) is 19.2 Å². The van der Waals surface area contributed by atoms with E-state index in [-0.39, 0.29) is 5.82 Å². The van der Waals surface area contributed by atoms with Crippen molar-refractivity contribution in [2.45, 2.75) is 13.8 Å². The van der Waals surface area contributed by atoms with Gasteiger partial charge in [-0.3, -0.25) is 0 Å². The molecule has 80 valence electrons. The van der Waals surface area contributed by atoms with Crippen LogP contribution in [0.25, 0.3) is 0 Å². The van der Waals surface area contributed by atoms with Gasteiger partial charge in [0.2, 0.25) is 0 Å². The Kier molecular flexibility index (Phi) is 7.84. The molecule has 2 nitrogen and oxygen atoms in total. The van der Waals surface area contributed by atoms with Gasteiger partial charge in [-0.25, -0.2) is 4.39 Å². The molecule has 0 radical (unpaired) electrons. The summed E-state index contributed by atoms with van der Waals surface area (Å²) in [4.78, 5) is 0. The van der Waals surface area contributed by atoms with E-state index in [9.17, 15) is 4.39 Å². The predicted octanol–water partition coefficient (Wildman–Crippen LogP) is 2.48. The third kappa shape index (κ3) is 6.43. The molecule has 0 spiro atoms. The normalized spacial score (nSPS) is 8.86. The van der Waals surface area contributed by atoms with Gasteiger partial charge >= 0.3 is 0 Å². The van der Waals surface area contributed by atoms with Crippen LogP contribution in [-0.2, 0) is 0 Å². The minimum Gasteiger partial charge on any atom is -0.388 e. The van der Waals surface area contributed by atoms with Gasteiger partial charge < -0.3 is 10.6 Å².